The van der Waals surface area contributed by atoms with Crippen molar-refractivity contribution in [2.45, 2.75) is 32.2 Å². The molecule has 0 radical (unpaired) electrons. The Balaban J connectivity index is 2.27. The molecule has 1 saturated carbocycles. The van der Waals surface area contributed by atoms with E-state index >= 15 is 0 Å². The highest BCUT2D eigenvalue weighted by Gasteiger charge is 2.24. The summed E-state index contributed by atoms with van der Waals surface area (Å²) < 4.78 is 0. The predicted octanol–water partition coefficient (Wildman–Crippen LogP) is 2.89. The molecule has 1 aliphatic carbocycles. The Bertz CT molecular complexity index is 515. The van der Waals surface area contributed by atoms with Crippen molar-refractivity contribution in [3.05, 3.63) is 33.9 Å². The number of hydrogen-bond donors (Lipinski definition) is 2. The van der Waals surface area contributed by atoms with Crippen molar-refractivity contribution in [1.82, 2.24) is 0 Å². The number of aromatic carboxylic acids is 1. The quantitative estimate of drug-likeness (QED) is 0.644. The standard InChI is InChI=1S/C13H16N2O4/c1-8-2-4-10(6-8)14-11-7-9(13(16)17)3-5-12(11)15(18)19/h3,5,7-8,10,14H,2,4,6H2,1H3,(H,16,17). The van der Waals surface area contributed by atoms with Crippen LogP contribution in [0, 0.1) is 16.0 Å². The molecular formula is C13H16N2O4. The number of nitrogens with one attached hydrogen (secondary N) is 1. The Morgan fingerprint density at radius 1 is 1.47 bits per heavy atom. The van der Waals surface area contributed by atoms with Crippen LogP contribution >= 0.6 is 0 Å². The maximum absolute atomic E-state index is 11.0. The van der Waals surface area contributed by atoms with Gasteiger partial charge in [-0.1, -0.05) is 6.92 Å². The first-order valence-electron chi connectivity index (χ1n) is 6.25. The molecule has 6 nitrogen and oxygen atoms in total. The molecule has 19 heavy (non-hydrogen) atoms. The van der Waals surface area contributed by atoms with E-state index in [9.17, 15) is 14.9 Å². The molecule has 0 amide bonds. The first-order chi connectivity index (χ1) is 8.97. The summed E-state index contributed by atoms with van der Waals surface area (Å²) in [5.74, 6) is -0.489. The summed E-state index contributed by atoms with van der Waals surface area (Å²) in [5, 5.41) is 23.0. The lowest BCUT2D eigenvalue weighted by Gasteiger charge is -2.14. The Kier molecular flexibility index (Phi) is 3.69. The predicted molar refractivity (Wildman–Crippen MR) is 70.5 cm³/mol. The molecule has 2 atom stereocenters. The summed E-state index contributed by atoms with van der Waals surface area (Å²) in [6.07, 6.45) is 2.99. The number of carboxylic acids is 1. The maximum atomic E-state index is 11.0. The van der Waals surface area contributed by atoms with Crippen LogP contribution in [0.25, 0.3) is 0 Å². The molecule has 2 rings (SSSR count). The number of nitrogens with zero attached hydrogens (tertiary/aromatic N) is 1. The molecular weight excluding hydrogens is 248 g/mol. The van der Waals surface area contributed by atoms with Crippen molar-refractivity contribution in [2.24, 2.45) is 5.92 Å². The molecule has 1 aliphatic rings. The highest BCUT2D eigenvalue weighted by molar-refractivity contribution is 5.90. The van der Waals surface area contributed by atoms with E-state index in [1.54, 1.807) is 0 Å². The number of anilines is 1. The Morgan fingerprint density at radius 2 is 2.21 bits per heavy atom. The average Bonchev–Trinajstić information content (AvgIpc) is 2.74. The molecule has 0 heterocycles. The van der Waals surface area contributed by atoms with Crippen LogP contribution in [0.1, 0.15) is 36.5 Å². The first-order valence-corrected chi connectivity index (χ1v) is 6.25. The van der Waals surface area contributed by atoms with E-state index in [0.717, 1.165) is 19.3 Å². The van der Waals surface area contributed by atoms with Gasteiger partial charge in [-0.05, 0) is 37.3 Å². The van der Waals surface area contributed by atoms with Gasteiger partial charge in [-0.2, -0.15) is 0 Å². The van der Waals surface area contributed by atoms with Crippen molar-refractivity contribution in [1.29, 1.82) is 0 Å². The Hall–Kier alpha value is -2.11. The van der Waals surface area contributed by atoms with Crippen LogP contribution in [-0.4, -0.2) is 22.0 Å². The van der Waals surface area contributed by atoms with E-state index in [1.165, 1.54) is 18.2 Å². The monoisotopic (exact) mass is 264 g/mol. The molecule has 2 unspecified atom stereocenters. The third kappa shape index (κ3) is 3.01. The van der Waals surface area contributed by atoms with Gasteiger partial charge in [-0.25, -0.2) is 4.79 Å². The molecule has 0 spiro atoms. The number of carbonyl (C=O) groups is 1. The van der Waals surface area contributed by atoms with Gasteiger partial charge < -0.3 is 10.4 Å². The molecule has 1 fully saturated rings. The number of carboxylic acid groups (broad SMARTS) is 1. The highest BCUT2D eigenvalue weighted by atomic mass is 16.6. The molecule has 2 N–H and O–H groups in total. The molecule has 6 heteroatoms. The van der Waals surface area contributed by atoms with E-state index in [0.29, 0.717) is 11.6 Å². The lowest BCUT2D eigenvalue weighted by Crippen LogP contribution is -2.16. The topological polar surface area (TPSA) is 92.5 Å². The first kappa shape index (κ1) is 13.3. The van der Waals surface area contributed by atoms with Crippen molar-refractivity contribution >= 4 is 17.3 Å². The largest absolute Gasteiger partial charge is 0.478 e. The van der Waals surface area contributed by atoms with E-state index < -0.39 is 10.9 Å². The Labute approximate surface area is 110 Å². The summed E-state index contributed by atoms with van der Waals surface area (Å²) in [5.41, 5.74) is 0.271. The summed E-state index contributed by atoms with van der Waals surface area (Å²) in [6, 6.07) is 4.01. The minimum absolute atomic E-state index is 0.0548. The van der Waals surface area contributed by atoms with Gasteiger partial charge in [-0.3, -0.25) is 10.1 Å². The van der Waals surface area contributed by atoms with Gasteiger partial charge in [0.05, 0.1) is 10.5 Å². The zero-order valence-electron chi connectivity index (χ0n) is 10.6. The minimum atomic E-state index is -1.09. The number of nitro groups is 1. The molecule has 102 valence electrons. The normalized spacial score (nSPS) is 22.2. The SMILES string of the molecule is CC1CCC(Nc2cc(C(=O)O)ccc2[N+](=O)[O-])C1. The fraction of sp³-hybridized carbons (Fsp3) is 0.462. The number of hydrogen-bond acceptors (Lipinski definition) is 4. The van der Waals surface area contributed by atoms with Crippen molar-refractivity contribution in [3.63, 3.8) is 0 Å². The van der Waals surface area contributed by atoms with Crippen LogP contribution < -0.4 is 5.32 Å². The lowest BCUT2D eigenvalue weighted by molar-refractivity contribution is -0.384. The average molecular weight is 264 g/mol. The van der Waals surface area contributed by atoms with E-state index in [2.05, 4.69) is 12.2 Å². The van der Waals surface area contributed by atoms with Gasteiger partial charge in [-0.15, -0.1) is 0 Å². The van der Waals surface area contributed by atoms with Gasteiger partial charge in [0.2, 0.25) is 0 Å². The summed E-state index contributed by atoms with van der Waals surface area (Å²) in [7, 11) is 0. The van der Waals surface area contributed by atoms with Gasteiger partial charge in [0, 0.05) is 12.1 Å². The Morgan fingerprint density at radius 3 is 2.74 bits per heavy atom. The highest BCUT2D eigenvalue weighted by Crippen LogP contribution is 2.31. The third-order valence-corrected chi connectivity index (χ3v) is 3.49. The van der Waals surface area contributed by atoms with Crippen molar-refractivity contribution in [3.8, 4) is 0 Å². The van der Waals surface area contributed by atoms with Gasteiger partial charge >= 0.3 is 5.97 Å². The second-order valence-corrected chi connectivity index (χ2v) is 5.05. The fourth-order valence-corrected chi connectivity index (χ4v) is 2.50. The van der Waals surface area contributed by atoms with Crippen LogP contribution in [0.15, 0.2) is 18.2 Å². The molecule has 1 aromatic carbocycles. The maximum Gasteiger partial charge on any atom is 0.335 e. The van der Waals surface area contributed by atoms with E-state index in [4.69, 9.17) is 5.11 Å². The smallest absolute Gasteiger partial charge is 0.335 e. The van der Waals surface area contributed by atoms with E-state index in [1.807, 2.05) is 0 Å². The van der Waals surface area contributed by atoms with Crippen LogP contribution in [-0.2, 0) is 0 Å². The number of rotatable bonds is 4. The third-order valence-electron chi connectivity index (χ3n) is 3.49. The number of nitro benzene ring substituents is 1. The molecule has 0 saturated heterocycles. The van der Waals surface area contributed by atoms with Crippen LogP contribution in [0.2, 0.25) is 0 Å². The van der Waals surface area contributed by atoms with Crippen LogP contribution in [0.5, 0.6) is 0 Å². The van der Waals surface area contributed by atoms with Gasteiger partial charge in [0.15, 0.2) is 0 Å². The zero-order chi connectivity index (χ0) is 14.0. The summed E-state index contributed by atoms with van der Waals surface area (Å²) in [6.45, 7) is 2.14. The second-order valence-electron chi connectivity index (χ2n) is 5.05. The number of benzene rings is 1. The fourth-order valence-electron chi connectivity index (χ4n) is 2.50. The van der Waals surface area contributed by atoms with Gasteiger partial charge in [0.1, 0.15) is 5.69 Å². The molecule has 1 aromatic rings. The van der Waals surface area contributed by atoms with Crippen LogP contribution in [0.4, 0.5) is 11.4 Å². The lowest BCUT2D eigenvalue weighted by atomic mass is 10.1. The minimum Gasteiger partial charge on any atom is -0.478 e. The van der Waals surface area contributed by atoms with Crippen LogP contribution in [0.3, 0.4) is 0 Å². The zero-order valence-corrected chi connectivity index (χ0v) is 10.6. The van der Waals surface area contributed by atoms with E-state index in [-0.39, 0.29) is 17.3 Å². The second kappa shape index (κ2) is 5.26. The summed E-state index contributed by atoms with van der Waals surface area (Å²) >= 11 is 0. The van der Waals surface area contributed by atoms with Crippen molar-refractivity contribution < 1.29 is 14.8 Å². The van der Waals surface area contributed by atoms with Gasteiger partial charge in [0.25, 0.3) is 5.69 Å². The van der Waals surface area contributed by atoms with Crippen molar-refractivity contribution in [2.75, 3.05) is 5.32 Å². The molecule has 0 bridgehead atoms. The molecule has 0 aromatic heterocycles. The molecule has 0 aliphatic heterocycles. The summed E-state index contributed by atoms with van der Waals surface area (Å²) in [4.78, 5) is 21.4.